The summed E-state index contributed by atoms with van der Waals surface area (Å²) < 4.78 is 38.6. The molecule has 10 heteroatoms. The van der Waals surface area contributed by atoms with Crippen LogP contribution in [-0.4, -0.2) is 63.2 Å². The van der Waals surface area contributed by atoms with Crippen LogP contribution in [-0.2, 0) is 26.2 Å². The van der Waals surface area contributed by atoms with Crippen molar-refractivity contribution in [3.63, 3.8) is 0 Å². The van der Waals surface area contributed by atoms with E-state index < -0.39 is 28.5 Å². The molecule has 0 aromatic heterocycles. The highest BCUT2D eigenvalue weighted by Crippen LogP contribution is 2.35. The maximum absolute atomic E-state index is 13.9. The van der Waals surface area contributed by atoms with Crippen LogP contribution in [0.15, 0.2) is 42.5 Å². The van der Waals surface area contributed by atoms with Crippen molar-refractivity contribution in [2.45, 2.75) is 59.5 Å². The highest BCUT2D eigenvalue weighted by molar-refractivity contribution is 7.92. The van der Waals surface area contributed by atoms with Crippen molar-refractivity contribution in [3.8, 4) is 11.5 Å². The largest absolute Gasteiger partial charge is 0.486 e. The number of carbonyl (C=O) groups excluding carboxylic acids is 2. The molecule has 3 rings (SSSR count). The molecule has 1 atom stereocenters. The molecule has 208 valence electrons. The molecule has 0 radical (unpaired) electrons. The van der Waals surface area contributed by atoms with Crippen LogP contribution in [0.25, 0.3) is 0 Å². The molecule has 0 saturated carbocycles. The Bertz CT molecular complexity index is 1200. The molecule has 9 nitrogen and oxygen atoms in total. The van der Waals surface area contributed by atoms with Gasteiger partial charge in [-0.3, -0.25) is 13.9 Å². The molecular formula is C28H39N3O6S. The molecule has 1 N–H and O–H groups in total. The maximum atomic E-state index is 13.9. The Labute approximate surface area is 226 Å². The van der Waals surface area contributed by atoms with Crippen molar-refractivity contribution >= 4 is 27.5 Å². The van der Waals surface area contributed by atoms with Crippen LogP contribution in [0.4, 0.5) is 5.69 Å². The predicted molar refractivity (Wildman–Crippen MR) is 148 cm³/mol. The third-order valence-electron chi connectivity index (χ3n) is 6.48. The zero-order valence-corrected chi connectivity index (χ0v) is 23.6. The van der Waals surface area contributed by atoms with Crippen LogP contribution in [0, 0.1) is 6.92 Å². The number of ether oxygens (including phenoxy) is 2. The van der Waals surface area contributed by atoms with Crippen molar-refractivity contribution < 1.29 is 27.5 Å². The molecule has 1 aliphatic heterocycles. The maximum Gasteiger partial charge on any atom is 0.244 e. The summed E-state index contributed by atoms with van der Waals surface area (Å²) in [6.07, 6.45) is 2.16. The van der Waals surface area contributed by atoms with Crippen LogP contribution in [0.5, 0.6) is 11.5 Å². The summed E-state index contributed by atoms with van der Waals surface area (Å²) in [4.78, 5) is 28.5. The van der Waals surface area contributed by atoms with E-state index in [-0.39, 0.29) is 18.2 Å². The van der Waals surface area contributed by atoms with E-state index in [2.05, 4.69) is 5.32 Å². The summed E-state index contributed by atoms with van der Waals surface area (Å²) in [7, 11) is -3.83. The zero-order chi connectivity index (χ0) is 27.7. The van der Waals surface area contributed by atoms with Gasteiger partial charge in [0, 0.05) is 19.2 Å². The van der Waals surface area contributed by atoms with Crippen molar-refractivity contribution in [1.82, 2.24) is 10.2 Å². The summed E-state index contributed by atoms with van der Waals surface area (Å²) in [5.41, 5.74) is 2.24. The molecule has 2 aromatic rings. The Morgan fingerprint density at radius 2 is 1.68 bits per heavy atom. The monoisotopic (exact) mass is 545 g/mol. The number of fused-ring (bicyclic) bond motifs is 1. The van der Waals surface area contributed by atoms with Gasteiger partial charge in [-0.2, -0.15) is 0 Å². The van der Waals surface area contributed by atoms with Crippen LogP contribution in [0.2, 0.25) is 0 Å². The highest BCUT2D eigenvalue weighted by Gasteiger charge is 2.32. The van der Waals surface area contributed by atoms with Gasteiger partial charge < -0.3 is 19.7 Å². The van der Waals surface area contributed by atoms with Crippen LogP contribution < -0.4 is 19.1 Å². The average Bonchev–Trinajstić information content (AvgIpc) is 2.92. The molecular weight excluding hydrogens is 506 g/mol. The van der Waals surface area contributed by atoms with Gasteiger partial charge in [0.05, 0.1) is 11.4 Å². The van der Waals surface area contributed by atoms with E-state index in [0.717, 1.165) is 28.3 Å². The molecule has 2 amide bonds. The van der Waals surface area contributed by atoms with Gasteiger partial charge >= 0.3 is 0 Å². The lowest BCUT2D eigenvalue weighted by Gasteiger charge is -2.33. The standard InChI is InChI=1S/C28H39N3O6S/c1-5-8-15-29-28(33)24(6-2)30(19-22-11-9-21(4)10-12-22)27(32)20-31(38(34,35)7-3)23-13-14-25-26(18-23)37-17-16-36-25/h9-14,18,24H,5-8,15-17,19-20H2,1-4H3,(H,29,33)/t24-/m1/s1. The first-order chi connectivity index (χ1) is 18.2. The Balaban J connectivity index is 1.95. The van der Waals surface area contributed by atoms with Crippen molar-refractivity contribution in [2.24, 2.45) is 0 Å². The molecule has 0 spiro atoms. The molecule has 0 saturated heterocycles. The van der Waals surface area contributed by atoms with E-state index in [1.807, 2.05) is 45.0 Å². The van der Waals surface area contributed by atoms with Gasteiger partial charge in [-0.15, -0.1) is 0 Å². The van der Waals surface area contributed by atoms with E-state index in [1.54, 1.807) is 18.2 Å². The van der Waals surface area contributed by atoms with E-state index in [9.17, 15) is 18.0 Å². The second-order valence-corrected chi connectivity index (χ2v) is 11.5. The first-order valence-electron chi connectivity index (χ1n) is 13.2. The highest BCUT2D eigenvalue weighted by atomic mass is 32.2. The number of carbonyl (C=O) groups is 2. The minimum absolute atomic E-state index is 0.181. The number of rotatable bonds is 13. The third-order valence-corrected chi connectivity index (χ3v) is 8.22. The fourth-order valence-corrected chi connectivity index (χ4v) is 5.28. The Hall–Kier alpha value is -3.27. The number of amides is 2. The minimum Gasteiger partial charge on any atom is -0.486 e. The van der Waals surface area contributed by atoms with E-state index in [4.69, 9.17) is 9.47 Å². The van der Waals surface area contributed by atoms with Gasteiger partial charge in [0.1, 0.15) is 25.8 Å². The van der Waals surface area contributed by atoms with Crippen LogP contribution >= 0.6 is 0 Å². The summed E-state index contributed by atoms with van der Waals surface area (Å²) in [6, 6.07) is 11.8. The number of benzene rings is 2. The number of sulfonamides is 1. The zero-order valence-electron chi connectivity index (χ0n) is 22.7. The van der Waals surface area contributed by atoms with E-state index in [1.165, 1.54) is 11.8 Å². The Morgan fingerprint density at radius 3 is 2.32 bits per heavy atom. The first-order valence-corrected chi connectivity index (χ1v) is 14.8. The first kappa shape index (κ1) is 29.3. The van der Waals surface area contributed by atoms with Gasteiger partial charge in [0.25, 0.3) is 0 Å². The number of hydrogen-bond donors (Lipinski definition) is 1. The number of nitrogens with one attached hydrogen (secondary N) is 1. The van der Waals surface area contributed by atoms with Gasteiger partial charge in [0.15, 0.2) is 11.5 Å². The smallest absolute Gasteiger partial charge is 0.244 e. The number of aryl methyl sites for hydroxylation is 1. The molecule has 2 aromatic carbocycles. The molecule has 0 bridgehead atoms. The predicted octanol–water partition coefficient (Wildman–Crippen LogP) is 3.65. The summed E-state index contributed by atoms with van der Waals surface area (Å²) in [5.74, 6) is 0.0498. The van der Waals surface area contributed by atoms with Gasteiger partial charge in [-0.25, -0.2) is 8.42 Å². The normalized spacial score (nSPS) is 13.5. The number of unbranched alkanes of at least 4 members (excludes halogenated alkanes) is 1. The number of nitrogens with zero attached hydrogens (tertiary/aromatic N) is 2. The number of hydrogen-bond acceptors (Lipinski definition) is 6. The van der Waals surface area contributed by atoms with Gasteiger partial charge in [-0.05, 0) is 44.4 Å². The molecule has 0 unspecified atom stereocenters. The Kier molecular flexibility index (Phi) is 10.4. The van der Waals surface area contributed by atoms with Crippen LogP contribution in [0.3, 0.4) is 0 Å². The van der Waals surface area contributed by atoms with Crippen LogP contribution in [0.1, 0.15) is 51.2 Å². The average molecular weight is 546 g/mol. The number of anilines is 1. The van der Waals surface area contributed by atoms with Crippen molar-refractivity contribution in [3.05, 3.63) is 53.6 Å². The molecule has 0 fully saturated rings. The lowest BCUT2D eigenvalue weighted by Crippen LogP contribution is -2.52. The fourth-order valence-electron chi connectivity index (χ4n) is 4.22. The Morgan fingerprint density at radius 1 is 1.00 bits per heavy atom. The second kappa shape index (κ2) is 13.5. The van der Waals surface area contributed by atoms with E-state index in [0.29, 0.717) is 43.4 Å². The van der Waals surface area contributed by atoms with Gasteiger partial charge in [0.2, 0.25) is 21.8 Å². The summed E-state index contributed by atoms with van der Waals surface area (Å²) in [6.45, 7) is 8.42. The molecule has 1 heterocycles. The topological polar surface area (TPSA) is 105 Å². The SMILES string of the molecule is CCCCNC(=O)[C@@H](CC)N(Cc1ccc(C)cc1)C(=O)CN(c1ccc2c(c1)OCCO2)S(=O)(=O)CC. The van der Waals surface area contributed by atoms with Crippen molar-refractivity contribution in [2.75, 3.05) is 36.4 Å². The van der Waals surface area contributed by atoms with Crippen molar-refractivity contribution in [1.29, 1.82) is 0 Å². The second-order valence-electron chi connectivity index (χ2n) is 9.31. The summed E-state index contributed by atoms with van der Waals surface area (Å²) >= 11 is 0. The molecule has 1 aliphatic rings. The minimum atomic E-state index is -3.83. The fraction of sp³-hybridized carbons (Fsp3) is 0.500. The molecule has 38 heavy (non-hydrogen) atoms. The molecule has 0 aliphatic carbocycles. The lowest BCUT2D eigenvalue weighted by atomic mass is 10.1. The van der Waals surface area contributed by atoms with E-state index >= 15 is 0 Å². The quantitative estimate of drug-likeness (QED) is 0.385. The lowest BCUT2D eigenvalue weighted by molar-refractivity contribution is -0.140. The van der Waals surface area contributed by atoms with Gasteiger partial charge in [-0.1, -0.05) is 50.1 Å². The third kappa shape index (κ3) is 7.40. The summed E-state index contributed by atoms with van der Waals surface area (Å²) in [5, 5.41) is 2.93.